The summed E-state index contributed by atoms with van der Waals surface area (Å²) in [7, 11) is -3.48. The molecule has 110 valence electrons. The molecule has 0 spiro atoms. The first-order chi connectivity index (χ1) is 10.6. The molecule has 0 radical (unpaired) electrons. The van der Waals surface area contributed by atoms with Gasteiger partial charge in [-0.15, -0.1) is 0 Å². The lowest BCUT2D eigenvalue weighted by Crippen LogP contribution is -2.26. The zero-order valence-electron chi connectivity index (χ0n) is 12.2. The van der Waals surface area contributed by atoms with Crippen LogP contribution in [-0.4, -0.2) is 8.42 Å². The zero-order valence-corrected chi connectivity index (χ0v) is 13.0. The van der Waals surface area contributed by atoms with Gasteiger partial charge < -0.3 is 0 Å². The van der Waals surface area contributed by atoms with E-state index in [9.17, 15) is 8.42 Å². The molecule has 0 atom stereocenters. The summed E-state index contributed by atoms with van der Waals surface area (Å²) in [4.78, 5) is 0.411. The molecule has 3 aromatic carbocycles. The van der Waals surface area contributed by atoms with Gasteiger partial charge in [0.15, 0.2) is 0 Å². The molecular weight excluding hydrogens is 294 g/mol. The number of rotatable bonds is 2. The van der Waals surface area contributed by atoms with E-state index in [2.05, 4.69) is 0 Å². The Bertz CT molecular complexity index is 988. The highest BCUT2D eigenvalue weighted by Crippen LogP contribution is 2.42. The Morgan fingerprint density at radius 2 is 1.64 bits per heavy atom. The van der Waals surface area contributed by atoms with E-state index in [1.807, 2.05) is 55.5 Å². The number of hydrogen-bond acceptors (Lipinski definition) is 2. The normalized spacial score (nSPS) is 15.4. The van der Waals surface area contributed by atoms with E-state index in [1.54, 1.807) is 12.1 Å². The first kappa shape index (κ1) is 13.3. The Kier molecular flexibility index (Phi) is 2.78. The standard InChI is InChI=1S/C18H15NO2S/c1-13-6-2-3-7-15(13)12-19-16-10-4-8-14-9-5-11-17(18(14)16)22(19,20)21/h2-11H,12H2,1H3. The fourth-order valence-corrected chi connectivity index (χ4v) is 4.76. The molecule has 0 aromatic heterocycles. The Hall–Kier alpha value is -2.33. The van der Waals surface area contributed by atoms with Gasteiger partial charge in [-0.2, -0.15) is 0 Å². The first-order valence-corrected chi connectivity index (χ1v) is 8.62. The van der Waals surface area contributed by atoms with Gasteiger partial charge in [-0.05, 0) is 35.6 Å². The third-order valence-electron chi connectivity index (χ3n) is 4.26. The van der Waals surface area contributed by atoms with Gasteiger partial charge in [0.1, 0.15) is 0 Å². The van der Waals surface area contributed by atoms with E-state index in [-0.39, 0.29) is 0 Å². The van der Waals surface area contributed by atoms with Gasteiger partial charge in [0.25, 0.3) is 10.0 Å². The Morgan fingerprint density at radius 3 is 2.41 bits per heavy atom. The van der Waals surface area contributed by atoms with Crippen molar-refractivity contribution in [2.24, 2.45) is 0 Å². The third kappa shape index (κ3) is 1.77. The lowest BCUT2D eigenvalue weighted by Gasteiger charge is -2.20. The van der Waals surface area contributed by atoms with Gasteiger partial charge in [-0.25, -0.2) is 8.42 Å². The van der Waals surface area contributed by atoms with Crippen molar-refractivity contribution in [1.29, 1.82) is 0 Å². The Morgan fingerprint density at radius 1 is 0.909 bits per heavy atom. The van der Waals surface area contributed by atoms with Crippen molar-refractivity contribution in [3.63, 3.8) is 0 Å². The van der Waals surface area contributed by atoms with Crippen LogP contribution in [0.3, 0.4) is 0 Å². The number of benzene rings is 3. The monoisotopic (exact) mass is 309 g/mol. The van der Waals surface area contributed by atoms with Crippen molar-refractivity contribution in [2.75, 3.05) is 4.31 Å². The summed E-state index contributed by atoms with van der Waals surface area (Å²) in [5.74, 6) is 0. The number of hydrogen-bond donors (Lipinski definition) is 0. The van der Waals surface area contributed by atoms with Crippen molar-refractivity contribution in [3.05, 3.63) is 71.8 Å². The summed E-state index contributed by atoms with van der Waals surface area (Å²) in [6.45, 7) is 2.37. The lowest BCUT2D eigenvalue weighted by atomic mass is 10.1. The Labute approximate surface area is 129 Å². The van der Waals surface area contributed by atoms with Crippen molar-refractivity contribution in [3.8, 4) is 0 Å². The van der Waals surface area contributed by atoms with Gasteiger partial charge in [0, 0.05) is 5.39 Å². The first-order valence-electron chi connectivity index (χ1n) is 7.18. The van der Waals surface area contributed by atoms with Crippen LogP contribution in [0.1, 0.15) is 11.1 Å². The molecule has 3 aromatic rings. The van der Waals surface area contributed by atoms with Gasteiger partial charge in [0.2, 0.25) is 0 Å². The molecule has 0 N–H and O–H groups in total. The molecule has 0 saturated carbocycles. The van der Waals surface area contributed by atoms with E-state index in [0.29, 0.717) is 11.4 Å². The van der Waals surface area contributed by atoms with E-state index in [4.69, 9.17) is 0 Å². The van der Waals surface area contributed by atoms with Crippen LogP contribution >= 0.6 is 0 Å². The SMILES string of the molecule is Cc1ccccc1CN1c2cccc3cccc(c23)S1(=O)=O. The fraction of sp³-hybridized carbons (Fsp3) is 0.111. The highest BCUT2D eigenvalue weighted by Gasteiger charge is 2.35. The maximum Gasteiger partial charge on any atom is 0.265 e. The molecule has 0 bridgehead atoms. The molecule has 0 fully saturated rings. The smallest absolute Gasteiger partial charge is 0.261 e. The lowest BCUT2D eigenvalue weighted by molar-refractivity contribution is 0.593. The summed E-state index contributed by atoms with van der Waals surface area (Å²) in [6.07, 6.45) is 0. The minimum absolute atomic E-state index is 0.364. The highest BCUT2D eigenvalue weighted by molar-refractivity contribution is 7.93. The fourth-order valence-electron chi connectivity index (χ4n) is 3.07. The molecule has 1 aliphatic rings. The van der Waals surface area contributed by atoms with E-state index in [0.717, 1.165) is 27.6 Å². The molecule has 1 aliphatic heterocycles. The Balaban J connectivity index is 1.93. The third-order valence-corrected chi connectivity index (χ3v) is 6.06. The molecule has 0 saturated heterocycles. The van der Waals surface area contributed by atoms with Gasteiger partial charge in [-0.1, -0.05) is 48.5 Å². The van der Waals surface area contributed by atoms with E-state index >= 15 is 0 Å². The number of anilines is 1. The predicted molar refractivity (Wildman–Crippen MR) is 88.5 cm³/mol. The molecular formula is C18H15NO2S. The number of sulfonamides is 1. The second-order valence-corrected chi connectivity index (χ2v) is 7.40. The van der Waals surface area contributed by atoms with Crippen molar-refractivity contribution < 1.29 is 8.42 Å². The molecule has 0 amide bonds. The molecule has 4 heteroatoms. The molecule has 4 rings (SSSR count). The summed E-state index contributed by atoms with van der Waals surface area (Å²) < 4.78 is 27.3. The van der Waals surface area contributed by atoms with Crippen molar-refractivity contribution in [1.82, 2.24) is 0 Å². The van der Waals surface area contributed by atoms with Gasteiger partial charge in [0.05, 0.1) is 17.1 Å². The second-order valence-electron chi connectivity index (χ2n) is 5.57. The van der Waals surface area contributed by atoms with Crippen LogP contribution in [-0.2, 0) is 16.6 Å². The number of nitrogens with zero attached hydrogens (tertiary/aromatic N) is 1. The minimum Gasteiger partial charge on any atom is -0.261 e. The minimum atomic E-state index is -3.48. The van der Waals surface area contributed by atoms with Crippen LogP contribution in [0.4, 0.5) is 5.69 Å². The average molecular weight is 309 g/mol. The quantitative estimate of drug-likeness (QED) is 0.721. The summed E-state index contributed by atoms with van der Waals surface area (Å²) in [5, 5.41) is 1.80. The topological polar surface area (TPSA) is 37.4 Å². The van der Waals surface area contributed by atoms with E-state index < -0.39 is 10.0 Å². The average Bonchev–Trinajstić information content (AvgIpc) is 2.73. The number of aryl methyl sites for hydroxylation is 1. The molecule has 1 heterocycles. The zero-order chi connectivity index (χ0) is 15.3. The van der Waals surface area contributed by atoms with Crippen molar-refractivity contribution >= 4 is 26.5 Å². The van der Waals surface area contributed by atoms with E-state index in [1.165, 1.54) is 4.31 Å². The molecule has 22 heavy (non-hydrogen) atoms. The molecule has 3 nitrogen and oxygen atoms in total. The highest BCUT2D eigenvalue weighted by atomic mass is 32.2. The maximum absolute atomic E-state index is 12.9. The summed E-state index contributed by atoms with van der Waals surface area (Å²) >= 11 is 0. The largest absolute Gasteiger partial charge is 0.265 e. The van der Waals surface area contributed by atoms with Crippen LogP contribution in [0.25, 0.3) is 10.8 Å². The van der Waals surface area contributed by atoms with Crippen LogP contribution in [0.15, 0.2) is 65.6 Å². The molecule has 0 aliphatic carbocycles. The van der Waals surface area contributed by atoms with Gasteiger partial charge >= 0.3 is 0 Å². The second kappa shape index (κ2) is 4.58. The van der Waals surface area contributed by atoms with Crippen LogP contribution in [0.5, 0.6) is 0 Å². The van der Waals surface area contributed by atoms with Crippen LogP contribution in [0, 0.1) is 6.92 Å². The maximum atomic E-state index is 12.9. The summed E-state index contributed by atoms with van der Waals surface area (Å²) in [6, 6.07) is 19.1. The van der Waals surface area contributed by atoms with Crippen LogP contribution < -0.4 is 4.31 Å². The summed E-state index contributed by atoms with van der Waals surface area (Å²) in [5.41, 5.74) is 2.90. The van der Waals surface area contributed by atoms with Crippen molar-refractivity contribution in [2.45, 2.75) is 18.4 Å². The predicted octanol–water partition coefficient (Wildman–Crippen LogP) is 3.86. The van der Waals surface area contributed by atoms with Gasteiger partial charge in [-0.3, -0.25) is 4.31 Å². The molecule has 0 unspecified atom stereocenters. The van der Waals surface area contributed by atoms with Crippen LogP contribution in [0.2, 0.25) is 0 Å².